The molecule has 2 N–H and O–H groups in total. The number of allylic oxidation sites excluding steroid dienone is 5. The van der Waals surface area contributed by atoms with E-state index in [9.17, 15) is 8.78 Å². The molecule has 0 bridgehead atoms. The second kappa shape index (κ2) is 9.11. The van der Waals surface area contributed by atoms with Gasteiger partial charge < -0.3 is 5.73 Å². The quantitative estimate of drug-likeness (QED) is 0.714. The molecule has 0 aromatic heterocycles. The van der Waals surface area contributed by atoms with Crippen LogP contribution in [-0.2, 0) is 0 Å². The van der Waals surface area contributed by atoms with Gasteiger partial charge in [0.05, 0.1) is 0 Å². The Morgan fingerprint density at radius 2 is 1.71 bits per heavy atom. The van der Waals surface area contributed by atoms with Gasteiger partial charge in [0, 0.05) is 6.04 Å². The average molecular weight is 243 g/mol. The molecule has 0 saturated heterocycles. The van der Waals surface area contributed by atoms with Gasteiger partial charge in [0.2, 0.25) is 0 Å². The monoisotopic (exact) mass is 243 g/mol. The molecule has 0 aliphatic heterocycles. The van der Waals surface area contributed by atoms with Crippen molar-refractivity contribution in [1.82, 2.24) is 0 Å². The Kier molecular flexibility index (Phi) is 8.60. The predicted octanol–water partition coefficient (Wildman–Crippen LogP) is 4.42. The highest BCUT2D eigenvalue weighted by atomic mass is 19.2. The summed E-state index contributed by atoms with van der Waals surface area (Å²) < 4.78 is 24.2. The number of hydrogen-bond donors (Lipinski definition) is 1. The van der Waals surface area contributed by atoms with Crippen molar-refractivity contribution in [2.45, 2.75) is 45.6 Å². The Balaban J connectivity index is 0.000000302. The number of rotatable bonds is 2. The van der Waals surface area contributed by atoms with E-state index >= 15 is 0 Å². The van der Waals surface area contributed by atoms with E-state index in [1.165, 1.54) is 31.8 Å². The lowest BCUT2D eigenvalue weighted by Gasteiger charge is -2.22. The molecule has 0 atom stereocenters. The molecule has 3 heteroatoms. The van der Waals surface area contributed by atoms with E-state index in [1.54, 1.807) is 6.92 Å². The molecule has 0 heterocycles. The van der Waals surface area contributed by atoms with Gasteiger partial charge in [-0.2, -0.15) is 0 Å². The van der Waals surface area contributed by atoms with Crippen LogP contribution in [-0.4, -0.2) is 6.04 Å². The summed E-state index contributed by atoms with van der Waals surface area (Å²) in [4.78, 5) is 0. The standard InChI is InChI=1S/C7H8F2.C7H15N/c1-3-5-7(9)6(8)4-2;1-6-2-4-7(8)5-3-6/h3-5H,2H2,1H3;6-7H,2-5,8H2,1H3/b5-3-,7-6-;. The molecular formula is C14H23F2N. The van der Waals surface area contributed by atoms with Crippen molar-refractivity contribution in [3.8, 4) is 0 Å². The van der Waals surface area contributed by atoms with Gasteiger partial charge in [-0.25, -0.2) is 8.78 Å². The van der Waals surface area contributed by atoms with Crippen LogP contribution in [0, 0.1) is 5.92 Å². The van der Waals surface area contributed by atoms with Gasteiger partial charge >= 0.3 is 0 Å². The molecule has 1 rings (SSSR count). The van der Waals surface area contributed by atoms with E-state index in [2.05, 4.69) is 13.5 Å². The van der Waals surface area contributed by atoms with Gasteiger partial charge in [0.15, 0.2) is 11.7 Å². The van der Waals surface area contributed by atoms with Crippen LogP contribution in [0.1, 0.15) is 39.5 Å². The Hall–Kier alpha value is -0.960. The summed E-state index contributed by atoms with van der Waals surface area (Å²) in [6.45, 7) is 6.98. The third-order valence-corrected chi connectivity index (χ3v) is 2.78. The van der Waals surface area contributed by atoms with Crippen molar-refractivity contribution < 1.29 is 8.78 Å². The first-order valence-corrected chi connectivity index (χ1v) is 6.07. The molecule has 0 unspecified atom stereocenters. The van der Waals surface area contributed by atoms with Crippen LogP contribution >= 0.6 is 0 Å². The van der Waals surface area contributed by atoms with Crippen LogP contribution in [0.2, 0.25) is 0 Å². The van der Waals surface area contributed by atoms with E-state index in [4.69, 9.17) is 5.73 Å². The van der Waals surface area contributed by atoms with Gasteiger partial charge in [-0.1, -0.05) is 19.6 Å². The van der Waals surface area contributed by atoms with Crippen molar-refractivity contribution in [2.75, 3.05) is 0 Å². The first-order valence-electron chi connectivity index (χ1n) is 6.07. The summed E-state index contributed by atoms with van der Waals surface area (Å²) >= 11 is 0. The minimum absolute atomic E-state index is 0.520. The molecule has 1 fully saturated rings. The highest BCUT2D eigenvalue weighted by Gasteiger charge is 2.13. The van der Waals surface area contributed by atoms with E-state index in [0.29, 0.717) is 6.04 Å². The Morgan fingerprint density at radius 1 is 1.18 bits per heavy atom. The van der Waals surface area contributed by atoms with Crippen LogP contribution in [0.25, 0.3) is 0 Å². The molecule has 1 aliphatic rings. The fourth-order valence-corrected chi connectivity index (χ4v) is 1.61. The van der Waals surface area contributed by atoms with Gasteiger partial charge in [-0.05, 0) is 50.7 Å². The normalized spacial score (nSPS) is 25.9. The zero-order valence-corrected chi connectivity index (χ0v) is 10.8. The van der Waals surface area contributed by atoms with Crippen LogP contribution < -0.4 is 5.73 Å². The summed E-state index contributed by atoms with van der Waals surface area (Å²) in [6, 6.07) is 0.520. The zero-order chi connectivity index (χ0) is 13.3. The maximum atomic E-state index is 12.1. The molecule has 17 heavy (non-hydrogen) atoms. The fourth-order valence-electron chi connectivity index (χ4n) is 1.61. The minimum atomic E-state index is -0.923. The number of hydrogen-bond acceptors (Lipinski definition) is 1. The first-order chi connectivity index (χ1) is 8.01. The molecule has 0 aromatic carbocycles. The summed E-state index contributed by atoms with van der Waals surface area (Å²) in [5.74, 6) is -0.865. The fraction of sp³-hybridized carbons (Fsp3) is 0.571. The summed E-state index contributed by atoms with van der Waals surface area (Å²) in [5, 5.41) is 0. The summed E-state index contributed by atoms with van der Waals surface area (Å²) in [6.07, 6.45) is 8.48. The smallest absolute Gasteiger partial charge is 0.158 e. The lowest BCUT2D eigenvalue weighted by atomic mass is 9.88. The van der Waals surface area contributed by atoms with Crippen molar-refractivity contribution in [1.29, 1.82) is 0 Å². The molecule has 1 nitrogen and oxygen atoms in total. The van der Waals surface area contributed by atoms with Crippen LogP contribution in [0.15, 0.2) is 36.5 Å². The SMILES string of the molecule is C=C/C(F)=C(F)\C=C/C.CC1CCC(N)CC1. The van der Waals surface area contributed by atoms with Gasteiger partial charge in [-0.15, -0.1) is 0 Å². The number of nitrogens with two attached hydrogens (primary N) is 1. The molecule has 1 aliphatic carbocycles. The van der Waals surface area contributed by atoms with Crippen molar-refractivity contribution in [2.24, 2.45) is 11.7 Å². The van der Waals surface area contributed by atoms with E-state index < -0.39 is 11.7 Å². The zero-order valence-electron chi connectivity index (χ0n) is 10.8. The lowest BCUT2D eigenvalue weighted by molar-refractivity contribution is 0.348. The summed E-state index contributed by atoms with van der Waals surface area (Å²) in [7, 11) is 0. The third kappa shape index (κ3) is 7.86. The largest absolute Gasteiger partial charge is 0.328 e. The van der Waals surface area contributed by atoms with Crippen molar-refractivity contribution in [3.05, 3.63) is 36.5 Å². The minimum Gasteiger partial charge on any atom is -0.328 e. The van der Waals surface area contributed by atoms with Gasteiger partial charge in [0.25, 0.3) is 0 Å². The van der Waals surface area contributed by atoms with Gasteiger partial charge in [-0.3, -0.25) is 0 Å². The number of halogens is 2. The molecular weight excluding hydrogens is 220 g/mol. The van der Waals surface area contributed by atoms with Crippen LogP contribution in [0.4, 0.5) is 8.78 Å². The Labute approximate surface area is 103 Å². The highest BCUT2D eigenvalue weighted by Crippen LogP contribution is 2.21. The van der Waals surface area contributed by atoms with E-state index in [1.807, 2.05) is 0 Å². The van der Waals surface area contributed by atoms with Crippen molar-refractivity contribution >= 4 is 0 Å². The Bertz CT molecular complexity index is 264. The maximum Gasteiger partial charge on any atom is 0.158 e. The van der Waals surface area contributed by atoms with Crippen molar-refractivity contribution in [3.63, 3.8) is 0 Å². The van der Waals surface area contributed by atoms with Crippen LogP contribution in [0.5, 0.6) is 0 Å². The van der Waals surface area contributed by atoms with E-state index in [0.717, 1.165) is 18.1 Å². The van der Waals surface area contributed by atoms with Gasteiger partial charge in [0.1, 0.15) is 0 Å². The second-order valence-corrected chi connectivity index (χ2v) is 4.42. The molecule has 0 aromatic rings. The molecule has 98 valence electrons. The second-order valence-electron chi connectivity index (χ2n) is 4.42. The van der Waals surface area contributed by atoms with E-state index in [-0.39, 0.29) is 0 Å². The van der Waals surface area contributed by atoms with Crippen LogP contribution in [0.3, 0.4) is 0 Å². The average Bonchev–Trinajstić information content (AvgIpc) is 2.33. The molecule has 0 radical (unpaired) electrons. The molecule has 0 amide bonds. The molecule has 1 saturated carbocycles. The predicted molar refractivity (Wildman–Crippen MR) is 69.9 cm³/mol. The summed E-state index contributed by atoms with van der Waals surface area (Å²) in [5.41, 5.74) is 5.70. The third-order valence-electron chi connectivity index (χ3n) is 2.78. The lowest BCUT2D eigenvalue weighted by Crippen LogP contribution is -2.25. The first kappa shape index (κ1) is 16.0. The maximum absolute atomic E-state index is 12.1. The molecule has 0 spiro atoms. The topological polar surface area (TPSA) is 26.0 Å². The highest BCUT2D eigenvalue weighted by molar-refractivity contribution is 5.21. The Morgan fingerprint density at radius 3 is 2.06 bits per heavy atom.